The molecule has 7 heteroatoms. The summed E-state index contributed by atoms with van der Waals surface area (Å²) >= 11 is 5.57. The van der Waals surface area contributed by atoms with Crippen molar-refractivity contribution in [2.45, 2.75) is 19.8 Å². The number of nitrogens with one attached hydrogen (secondary N) is 2. The first-order valence-electron chi connectivity index (χ1n) is 7.58. The van der Waals surface area contributed by atoms with E-state index in [9.17, 15) is 9.59 Å². The number of hydrogen-bond donors (Lipinski definition) is 2. The van der Waals surface area contributed by atoms with E-state index in [1.54, 1.807) is 0 Å². The molecule has 0 saturated heterocycles. The Balaban J connectivity index is 1.77. The number of carbonyl (C=O) groups is 2. The van der Waals surface area contributed by atoms with Crippen LogP contribution in [-0.2, 0) is 9.59 Å². The van der Waals surface area contributed by atoms with Crippen molar-refractivity contribution in [1.29, 1.82) is 0 Å². The van der Waals surface area contributed by atoms with Crippen molar-refractivity contribution in [3.63, 3.8) is 0 Å². The molecular weight excluding hydrogens is 497 g/mol. The van der Waals surface area contributed by atoms with E-state index in [2.05, 4.69) is 54.4 Å². The number of hydrazone groups is 1. The summed E-state index contributed by atoms with van der Waals surface area (Å²) in [6.45, 7) is 1.81. The molecule has 0 bridgehead atoms. The first-order chi connectivity index (χ1) is 11.9. The largest absolute Gasteiger partial charge is 0.326 e. The second kappa shape index (κ2) is 9.67. The highest BCUT2D eigenvalue weighted by atomic mass is 127. The predicted octanol–water partition coefficient (Wildman–Crippen LogP) is 4.31. The van der Waals surface area contributed by atoms with E-state index in [1.165, 1.54) is 0 Å². The van der Waals surface area contributed by atoms with Gasteiger partial charge < -0.3 is 5.32 Å². The van der Waals surface area contributed by atoms with E-state index in [-0.39, 0.29) is 24.7 Å². The fourth-order valence-electron chi connectivity index (χ4n) is 1.94. The Kier molecular flexibility index (Phi) is 7.57. The van der Waals surface area contributed by atoms with Gasteiger partial charge in [0.15, 0.2) is 0 Å². The molecule has 0 unspecified atom stereocenters. The van der Waals surface area contributed by atoms with Gasteiger partial charge in [-0.05, 0) is 71.5 Å². The van der Waals surface area contributed by atoms with E-state index in [4.69, 9.17) is 0 Å². The van der Waals surface area contributed by atoms with E-state index in [1.807, 2.05) is 55.5 Å². The van der Waals surface area contributed by atoms with Crippen LogP contribution in [0, 0.1) is 3.57 Å². The number of carbonyl (C=O) groups excluding carboxylic acids is 2. The smallest absolute Gasteiger partial charge is 0.240 e. The van der Waals surface area contributed by atoms with Crippen LogP contribution in [0.3, 0.4) is 0 Å². The van der Waals surface area contributed by atoms with Crippen LogP contribution in [0.4, 0.5) is 5.69 Å². The maximum atomic E-state index is 11.9. The predicted molar refractivity (Wildman–Crippen MR) is 112 cm³/mol. The fraction of sp³-hybridized carbons (Fsp3) is 0.167. The molecule has 0 aliphatic carbocycles. The highest BCUT2D eigenvalue weighted by Gasteiger charge is 2.07. The van der Waals surface area contributed by atoms with Crippen LogP contribution in [0.2, 0.25) is 0 Å². The zero-order valence-corrected chi connectivity index (χ0v) is 17.3. The molecule has 5 nitrogen and oxygen atoms in total. The molecule has 2 rings (SSSR count). The molecular formula is C18H17BrIN3O2. The van der Waals surface area contributed by atoms with Crippen molar-refractivity contribution in [3.8, 4) is 0 Å². The first-order valence-corrected chi connectivity index (χ1v) is 9.46. The number of amides is 2. The van der Waals surface area contributed by atoms with Gasteiger partial charge in [0, 0.05) is 26.6 Å². The Morgan fingerprint density at radius 2 is 1.60 bits per heavy atom. The van der Waals surface area contributed by atoms with Gasteiger partial charge in [-0.1, -0.05) is 28.1 Å². The van der Waals surface area contributed by atoms with Gasteiger partial charge in [0.2, 0.25) is 11.8 Å². The lowest BCUT2D eigenvalue weighted by Gasteiger charge is -2.05. The van der Waals surface area contributed by atoms with Crippen molar-refractivity contribution in [3.05, 3.63) is 62.1 Å². The van der Waals surface area contributed by atoms with Gasteiger partial charge in [0.05, 0.1) is 5.71 Å². The summed E-state index contributed by atoms with van der Waals surface area (Å²) in [6, 6.07) is 15.1. The number of nitrogens with zero attached hydrogens (tertiary/aromatic N) is 1. The molecule has 2 aromatic carbocycles. The van der Waals surface area contributed by atoms with Crippen molar-refractivity contribution in [2.24, 2.45) is 5.10 Å². The molecule has 2 amide bonds. The van der Waals surface area contributed by atoms with Gasteiger partial charge in [-0.3, -0.25) is 9.59 Å². The zero-order chi connectivity index (χ0) is 18.2. The molecule has 0 heterocycles. The Bertz CT molecular complexity index is 774. The average molecular weight is 514 g/mol. The van der Waals surface area contributed by atoms with Gasteiger partial charge >= 0.3 is 0 Å². The molecule has 0 radical (unpaired) electrons. The van der Waals surface area contributed by atoms with Crippen LogP contribution in [0.1, 0.15) is 25.3 Å². The summed E-state index contributed by atoms with van der Waals surface area (Å²) in [5, 5.41) is 6.82. The number of benzene rings is 2. The van der Waals surface area contributed by atoms with Crippen LogP contribution in [0.15, 0.2) is 58.1 Å². The Labute approximate surface area is 168 Å². The summed E-state index contributed by atoms with van der Waals surface area (Å²) in [5.74, 6) is -0.501. The third kappa shape index (κ3) is 6.95. The number of rotatable bonds is 6. The lowest BCUT2D eigenvalue weighted by Crippen LogP contribution is -2.21. The number of hydrogen-bond acceptors (Lipinski definition) is 3. The van der Waals surface area contributed by atoms with E-state index >= 15 is 0 Å². The topological polar surface area (TPSA) is 70.6 Å². The minimum atomic E-state index is -0.297. The highest BCUT2D eigenvalue weighted by Crippen LogP contribution is 2.12. The van der Waals surface area contributed by atoms with Gasteiger partial charge in [-0.15, -0.1) is 0 Å². The second-order valence-corrected chi connectivity index (χ2v) is 7.46. The SMILES string of the molecule is CC(=NNC(=O)CCC(=O)Nc1ccc(I)cc1)c1ccc(Br)cc1. The average Bonchev–Trinajstić information content (AvgIpc) is 2.60. The van der Waals surface area contributed by atoms with Gasteiger partial charge in [-0.2, -0.15) is 5.10 Å². The van der Waals surface area contributed by atoms with Crippen LogP contribution >= 0.6 is 38.5 Å². The standard InChI is InChI=1S/C18H17BrIN3O2/c1-12(13-2-4-14(19)5-3-13)22-23-18(25)11-10-17(24)21-16-8-6-15(20)7-9-16/h2-9H,10-11H2,1H3,(H,21,24)(H,23,25). The van der Waals surface area contributed by atoms with Crippen molar-refractivity contribution in [2.75, 3.05) is 5.32 Å². The molecule has 2 N–H and O–H groups in total. The fourth-order valence-corrected chi connectivity index (χ4v) is 2.57. The molecule has 2 aromatic rings. The molecule has 130 valence electrons. The molecule has 0 atom stereocenters. The Morgan fingerprint density at radius 3 is 2.24 bits per heavy atom. The molecule has 0 saturated carbocycles. The number of anilines is 1. The monoisotopic (exact) mass is 513 g/mol. The highest BCUT2D eigenvalue weighted by molar-refractivity contribution is 14.1. The first kappa shape index (κ1) is 19.6. The van der Waals surface area contributed by atoms with E-state index < -0.39 is 0 Å². The molecule has 25 heavy (non-hydrogen) atoms. The van der Waals surface area contributed by atoms with Crippen molar-refractivity contribution >= 4 is 61.7 Å². The van der Waals surface area contributed by atoms with Crippen LogP contribution in [-0.4, -0.2) is 17.5 Å². The number of halogens is 2. The van der Waals surface area contributed by atoms with E-state index in [0.717, 1.165) is 19.3 Å². The summed E-state index contributed by atoms with van der Waals surface area (Å²) in [5.41, 5.74) is 4.81. The summed E-state index contributed by atoms with van der Waals surface area (Å²) in [7, 11) is 0. The molecule has 0 fully saturated rings. The second-order valence-electron chi connectivity index (χ2n) is 5.29. The van der Waals surface area contributed by atoms with Crippen molar-refractivity contribution in [1.82, 2.24) is 5.43 Å². The summed E-state index contributed by atoms with van der Waals surface area (Å²) in [6.07, 6.45) is 0.179. The minimum absolute atomic E-state index is 0.0767. The quantitative estimate of drug-likeness (QED) is 0.343. The molecule has 0 aliphatic heterocycles. The zero-order valence-electron chi connectivity index (χ0n) is 13.6. The van der Waals surface area contributed by atoms with Crippen LogP contribution < -0.4 is 10.7 Å². The molecule has 0 aromatic heterocycles. The van der Waals surface area contributed by atoms with Gasteiger partial charge in [0.1, 0.15) is 0 Å². The Morgan fingerprint density at radius 1 is 1.00 bits per heavy atom. The van der Waals surface area contributed by atoms with Crippen molar-refractivity contribution < 1.29 is 9.59 Å². The molecule has 0 aliphatic rings. The third-order valence-corrected chi connectivity index (χ3v) is 4.57. The summed E-state index contributed by atoms with van der Waals surface area (Å²) in [4.78, 5) is 23.7. The van der Waals surface area contributed by atoms with Gasteiger partial charge in [0.25, 0.3) is 0 Å². The molecule has 0 spiro atoms. The Hall–Kier alpha value is -1.74. The summed E-state index contributed by atoms with van der Waals surface area (Å²) < 4.78 is 2.07. The van der Waals surface area contributed by atoms with E-state index in [0.29, 0.717) is 5.71 Å². The van der Waals surface area contributed by atoms with Gasteiger partial charge in [-0.25, -0.2) is 5.43 Å². The normalized spacial score (nSPS) is 11.1. The third-order valence-electron chi connectivity index (χ3n) is 3.32. The lowest BCUT2D eigenvalue weighted by molar-refractivity contribution is -0.124. The van der Waals surface area contributed by atoms with Crippen LogP contribution in [0.5, 0.6) is 0 Å². The maximum absolute atomic E-state index is 11.9. The lowest BCUT2D eigenvalue weighted by atomic mass is 10.1. The minimum Gasteiger partial charge on any atom is -0.326 e. The maximum Gasteiger partial charge on any atom is 0.240 e. The van der Waals surface area contributed by atoms with Crippen LogP contribution in [0.25, 0.3) is 0 Å².